The van der Waals surface area contributed by atoms with Crippen molar-refractivity contribution in [3.63, 3.8) is 0 Å². The highest BCUT2D eigenvalue weighted by atomic mass is 14.4. The molecule has 1 aromatic carbocycles. The van der Waals surface area contributed by atoms with Gasteiger partial charge in [-0.05, 0) is 30.4 Å². The fourth-order valence-electron chi connectivity index (χ4n) is 3.43. The average molecular weight is 262 g/mol. The zero-order valence-corrected chi connectivity index (χ0v) is 12.6. The predicted molar refractivity (Wildman–Crippen MR) is 87.3 cm³/mol. The van der Waals surface area contributed by atoms with Gasteiger partial charge in [0, 0.05) is 5.92 Å². The molecule has 0 aromatic heterocycles. The molecule has 2 aliphatic carbocycles. The molecule has 0 N–H and O–H groups in total. The van der Waals surface area contributed by atoms with Gasteiger partial charge in [0.1, 0.15) is 0 Å². The van der Waals surface area contributed by atoms with Crippen molar-refractivity contribution in [2.75, 3.05) is 0 Å². The lowest BCUT2D eigenvalue weighted by atomic mass is 9.85. The second kappa shape index (κ2) is 5.28. The SMILES string of the molecule is CC1=CC=CC=C2CC(C(C)C)=C(c3ccccc3)C12. The van der Waals surface area contributed by atoms with Crippen molar-refractivity contribution in [1.29, 1.82) is 0 Å². The maximum atomic E-state index is 2.32. The molecule has 1 unspecified atom stereocenters. The maximum Gasteiger partial charge on any atom is 0.0270 e. The molecule has 2 aliphatic rings. The summed E-state index contributed by atoms with van der Waals surface area (Å²) in [5, 5.41) is 0. The number of allylic oxidation sites excluding steroid dienone is 8. The molecule has 0 radical (unpaired) electrons. The minimum Gasteiger partial charge on any atom is -0.0624 e. The van der Waals surface area contributed by atoms with Crippen LogP contribution in [-0.2, 0) is 0 Å². The molecule has 3 rings (SSSR count). The van der Waals surface area contributed by atoms with E-state index in [4.69, 9.17) is 0 Å². The smallest absolute Gasteiger partial charge is 0.0270 e. The van der Waals surface area contributed by atoms with E-state index < -0.39 is 0 Å². The van der Waals surface area contributed by atoms with Gasteiger partial charge in [0.05, 0.1) is 0 Å². The zero-order valence-electron chi connectivity index (χ0n) is 12.6. The molecular formula is C20H22. The van der Waals surface area contributed by atoms with Crippen LogP contribution in [-0.4, -0.2) is 0 Å². The van der Waals surface area contributed by atoms with Crippen molar-refractivity contribution < 1.29 is 0 Å². The third-order valence-electron chi connectivity index (χ3n) is 4.42. The molecule has 102 valence electrons. The number of fused-ring (bicyclic) bond motifs is 1. The van der Waals surface area contributed by atoms with Crippen molar-refractivity contribution in [2.45, 2.75) is 27.2 Å². The van der Waals surface area contributed by atoms with E-state index in [9.17, 15) is 0 Å². The fourth-order valence-corrected chi connectivity index (χ4v) is 3.43. The van der Waals surface area contributed by atoms with Gasteiger partial charge in [0.2, 0.25) is 0 Å². The van der Waals surface area contributed by atoms with E-state index in [1.807, 2.05) is 0 Å². The van der Waals surface area contributed by atoms with E-state index in [1.54, 1.807) is 16.7 Å². The lowest BCUT2D eigenvalue weighted by Gasteiger charge is -2.19. The number of hydrogen-bond acceptors (Lipinski definition) is 0. The van der Waals surface area contributed by atoms with Crippen LogP contribution in [0.2, 0.25) is 0 Å². The molecule has 0 heterocycles. The van der Waals surface area contributed by atoms with E-state index in [1.165, 1.54) is 11.1 Å². The van der Waals surface area contributed by atoms with Crippen molar-refractivity contribution in [3.05, 3.63) is 76.9 Å². The number of hydrogen-bond donors (Lipinski definition) is 0. The summed E-state index contributed by atoms with van der Waals surface area (Å²) in [7, 11) is 0. The molecule has 0 aliphatic heterocycles. The highest BCUT2D eigenvalue weighted by Gasteiger charge is 2.32. The Labute approximate surface area is 122 Å². The van der Waals surface area contributed by atoms with Crippen LogP contribution in [0.3, 0.4) is 0 Å². The first-order chi connectivity index (χ1) is 9.68. The first kappa shape index (κ1) is 13.2. The van der Waals surface area contributed by atoms with E-state index in [0.29, 0.717) is 11.8 Å². The molecule has 0 spiro atoms. The molecular weight excluding hydrogens is 240 g/mol. The molecule has 0 saturated heterocycles. The van der Waals surface area contributed by atoms with Crippen LogP contribution in [0.1, 0.15) is 32.8 Å². The Kier molecular flexibility index (Phi) is 3.48. The summed E-state index contributed by atoms with van der Waals surface area (Å²) >= 11 is 0. The number of benzene rings is 1. The second-order valence-corrected chi connectivity index (χ2v) is 6.11. The lowest BCUT2D eigenvalue weighted by Crippen LogP contribution is -2.04. The van der Waals surface area contributed by atoms with Gasteiger partial charge < -0.3 is 0 Å². The fraction of sp³-hybridized carbons (Fsp3) is 0.300. The summed E-state index contributed by atoms with van der Waals surface area (Å²) < 4.78 is 0. The first-order valence-corrected chi connectivity index (χ1v) is 7.50. The van der Waals surface area contributed by atoms with E-state index in [2.05, 4.69) is 75.4 Å². The molecule has 1 atom stereocenters. The standard InChI is InChI=1S/C20H22/c1-14(2)18-13-17-12-8-7-9-15(3)19(17)20(18)16-10-5-4-6-11-16/h4-12,14,19H,13H2,1-3H3. The van der Waals surface area contributed by atoms with Crippen LogP contribution in [0.15, 0.2) is 71.4 Å². The van der Waals surface area contributed by atoms with Crippen LogP contribution < -0.4 is 0 Å². The summed E-state index contributed by atoms with van der Waals surface area (Å²) in [6.07, 6.45) is 10.1. The first-order valence-electron chi connectivity index (χ1n) is 7.50. The second-order valence-electron chi connectivity index (χ2n) is 6.11. The van der Waals surface area contributed by atoms with E-state index in [0.717, 1.165) is 6.42 Å². The third kappa shape index (κ3) is 2.20. The molecule has 0 nitrogen and oxygen atoms in total. The monoisotopic (exact) mass is 262 g/mol. The highest BCUT2D eigenvalue weighted by molar-refractivity contribution is 5.80. The lowest BCUT2D eigenvalue weighted by molar-refractivity contribution is 0.753. The van der Waals surface area contributed by atoms with Gasteiger partial charge in [-0.25, -0.2) is 0 Å². The van der Waals surface area contributed by atoms with Crippen molar-refractivity contribution in [1.82, 2.24) is 0 Å². The maximum absolute atomic E-state index is 2.32. The summed E-state index contributed by atoms with van der Waals surface area (Å²) in [5.41, 5.74) is 7.55. The molecule has 0 bridgehead atoms. The van der Waals surface area contributed by atoms with Crippen LogP contribution >= 0.6 is 0 Å². The Hall–Kier alpha value is -1.82. The molecule has 20 heavy (non-hydrogen) atoms. The van der Waals surface area contributed by atoms with Crippen LogP contribution in [0.4, 0.5) is 0 Å². The third-order valence-corrected chi connectivity index (χ3v) is 4.42. The van der Waals surface area contributed by atoms with E-state index in [-0.39, 0.29) is 0 Å². The Morgan fingerprint density at radius 3 is 2.40 bits per heavy atom. The summed E-state index contributed by atoms with van der Waals surface area (Å²) in [4.78, 5) is 0. The minimum absolute atomic E-state index is 0.477. The molecule has 0 heteroatoms. The Bertz CT molecular complexity index is 621. The summed E-state index contributed by atoms with van der Waals surface area (Å²) in [6, 6.07) is 10.9. The topological polar surface area (TPSA) is 0 Å². The Morgan fingerprint density at radius 2 is 1.70 bits per heavy atom. The average Bonchev–Trinajstić information content (AvgIpc) is 2.75. The predicted octanol–water partition coefficient (Wildman–Crippen LogP) is 5.56. The van der Waals surface area contributed by atoms with E-state index >= 15 is 0 Å². The summed E-state index contributed by atoms with van der Waals surface area (Å²) in [6.45, 7) is 6.90. The Balaban J connectivity index is 2.17. The molecule has 0 amide bonds. The van der Waals surface area contributed by atoms with Gasteiger partial charge in [-0.3, -0.25) is 0 Å². The highest BCUT2D eigenvalue weighted by Crippen LogP contribution is 2.48. The molecule has 0 fully saturated rings. The van der Waals surface area contributed by atoms with Crippen molar-refractivity contribution in [3.8, 4) is 0 Å². The largest absolute Gasteiger partial charge is 0.0624 e. The quantitative estimate of drug-likeness (QED) is 0.654. The van der Waals surface area contributed by atoms with Gasteiger partial charge in [-0.1, -0.05) is 85.2 Å². The normalized spacial score (nSPS) is 21.7. The molecule has 1 aromatic rings. The summed E-state index contributed by atoms with van der Waals surface area (Å²) in [5.74, 6) is 1.08. The zero-order chi connectivity index (χ0) is 14.1. The van der Waals surface area contributed by atoms with Gasteiger partial charge in [0.15, 0.2) is 0 Å². The van der Waals surface area contributed by atoms with Crippen LogP contribution in [0.5, 0.6) is 0 Å². The van der Waals surface area contributed by atoms with Crippen molar-refractivity contribution >= 4 is 5.57 Å². The van der Waals surface area contributed by atoms with Crippen LogP contribution in [0.25, 0.3) is 5.57 Å². The van der Waals surface area contributed by atoms with Gasteiger partial charge >= 0.3 is 0 Å². The Morgan fingerprint density at radius 1 is 1.00 bits per heavy atom. The van der Waals surface area contributed by atoms with Gasteiger partial charge in [0.25, 0.3) is 0 Å². The van der Waals surface area contributed by atoms with Gasteiger partial charge in [-0.15, -0.1) is 0 Å². The van der Waals surface area contributed by atoms with Crippen LogP contribution in [0, 0.1) is 11.8 Å². The minimum atomic E-state index is 0.477. The number of rotatable bonds is 2. The van der Waals surface area contributed by atoms with Crippen molar-refractivity contribution in [2.24, 2.45) is 11.8 Å². The van der Waals surface area contributed by atoms with Gasteiger partial charge in [-0.2, -0.15) is 0 Å². The molecule has 0 saturated carbocycles.